The van der Waals surface area contributed by atoms with Crippen molar-refractivity contribution in [3.05, 3.63) is 83.2 Å². The van der Waals surface area contributed by atoms with E-state index < -0.39 is 17.8 Å². The molecule has 1 saturated heterocycles. The average molecular weight is 429 g/mol. The summed E-state index contributed by atoms with van der Waals surface area (Å²) in [7, 11) is 1.61. The maximum atomic E-state index is 13.2. The zero-order valence-corrected chi connectivity index (χ0v) is 18.1. The Morgan fingerprint density at radius 3 is 2.44 bits per heavy atom. The van der Waals surface area contributed by atoms with E-state index in [9.17, 15) is 14.4 Å². The number of methoxy groups -OCH3 is 1. The largest absolute Gasteiger partial charge is 0.497 e. The molecule has 162 valence electrons. The van der Waals surface area contributed by atoms with Gasteiger partial charge < -0.3 is 9.30 Å². The van der Waals surface area contributed by atoms with Crippen molar-refractivity contribution in [1.82, 2.24) is 9.88 Å². The van der Waals surface area contributed by atoms with Gasteiger partial charge in [0.2, 0.25) is 0 Å². The van der Waals surface area contributed by atoms with Crippen LogP contribution < -0.4 is 15.0 Å². The Hall–Kier alpha value is -4.13. The van der Waals surface area contributed by atoms with Crippen LogP contribution in [-0.4, -0.2) is 29.5 Å². The minimum atomic E-state index is -0.745. The zero-order valence-electron chi connectivity index (χ0n) is 18.1. The van der Waals surface area contributed by atoms with Crippen molar-refractivity contribution in [2.45, 2.75) is 20.3 Å². The lowest BCUT2D eigenvalue weighted by atomic mass is 10.1. The highest BCUT2D eigenvalue weighted by atomic mass is 16.5. The van der Waals surface area contributed by atoms with Crippen molar-refractivity contribution in [3.8, 4) is 11.4 Å². The molecule has 2 aromatic carbocycles. The number of para-hydroxylation sites is 1. The summed E-state index contributed by atoms with van der Waals surface area (Å²) < 4.78 is 7.15. The molecule has 4 amide bonds. The fraction of sp³-hybridized carbons (Fsp3) is 0.160. The van der Waals surface area contributed by atoms with Gasteiger partial charge in [-0.1, -0.05) is 25.1 Å². The van der Waals surface area contributed by atoms with Crippen molar-refractivity contribution in [1.29, 1.82) is 0 Å². The van der Waals surface area contributed by atoms with E-state index in [2.05, 4.69) is 5.32 Å². The number of aryl methyl sites for hydroxylation is 2. The van der Waals surface area contributed by atoms with Crippen LogP contribution in [0.2, 0.25) is 0 Å². The summed E-state index contributed by atoms with van der Waals surface area (Å²) in [5, 5.41) is 2.28. The van der Waals surface area contributed by atoms with Gasteiger partial charge >= 0.3 is 6.03 Å². The third-order valence-electron chi connectivity index (χ3n) is 5.41. The number of hydrogen-bond acceptors (Lipinski definition) is 4. The van der Waals surface area contributed by atoms with Gasteiger partial charge in [-0.3, -0.25) is 14.9 Å². The Bertz CT molecular complexity index is 1240. The Labute approximate surface area is 185 Å². The maximum absolute atomic E-state index is 13.2. The normalized spacial score (nSPS) is 15.3. The van der Waals surface area contributed by atoms with Crippen molar-refractivity contribution in [2.24, 2.45) is 0 Å². The molecular formula is C25H23N3O4. The first-order valence-corrected chi connectivity index (χ1v) is 10.3. The number of aromatic nitrogens is 1. The van der Waals surface area contributed by atoms with Gasteiger partial charge in [0, 0.05) is 17.6 Å². The highest BCUT2D eigenvalue weighted by molar-refractivity contribution is 6.39. The number of amides is 4. The molecular weight excluding hydrogens is 406 g/mol. The fourth-order valence-electron chi connectivity index (χ4n) is 3.77. The van der Waals surface area contributed by atoms with Crippen LogP contribution in [0.3, 0.4) is 0 Å². The minimum Gasteiger partial charge on any atom is -0.497 e. The van der Waals surface area contributed by atoms with Crippen LogP contribution in [0.5, 0.6) is 5.75 Å². The molecule has 4 rings (SSSR count). The summed E-state index contributed by atoms with van der Waals surface area (Å²) in [6.45, 7) is 3.88. The molecule has 0 unspecified atom stereocenters. The van der Waals surface area contributed by atoms with E-state index in [0.29, 0.717) is 17.7 Å². The van der Waals surface area contributed by atoms with Crippen molar-refractivity contribution >= 4 is 29.6 Å². The second-order valence-electron chi connectivity index (χ2n) is 7.42. The molecule has 7 heteroatoms. The van der Waals surface area contributed by atoms with Crippen LogP contribution in [0.1, 0.15) is 23.7 Å². The molecule has 1 N–H and O–H groups in total. The molecule has 1 aromatic heterocycles. The predicted molar refractivity (Wildman–Crippen MR) is 122 cm³/mol. The summed E-state index contributed by atoms with van der Waals surface area (Å²) >= 11 is 0. The third kappa shape index (κ3) is 3.80. The number of carbonyl (C=O) groups excluding carboxylic acids is 3. The number of benzene rings is 2. The summed E-state index contributed by atoms with van der Waals surface area (Å²) in [4.78, 5) is 39.3. The predicted octanol–water partition coefficient (Wildman–Crippen LogP) is 4.02. The number of urea groups is 1. The van der Waals surface area contributed by atoms with Gasteiger partial charge in [-0.25, -0.2) is 9.69 Å². The quantitative estimate of drug-likeness (QED) is 0.491. The van der Waals surface area contributed by atoms with Crippen LogP contribution in [0.25, 0.3) is 11.8 Å². The van der Waals surface area contributed by atoms with Crippen LogP contribution in [0.4, 0.5) is 10.5 Å². The number of nitrogens with zero attached hydrogens (tertiary/aromatic N) is 2. The standard InChI is InChI=1S/C25H23N3O4/c1-4-18-7-5-6-8-22(18)28-24(30)21(23(29)26-25(28)31)14-17-13-16(2)27(15-17)19-9-11-20(32-3)12-10-19/h5-15H,4H2,1-3H3,(H,26,29,31)/b21-14-. The summed E-state index contributed by atoms with van der Waals surface area (Å²) in [5.74, 6) is -0.600. The number of carbonyl (C=O) groups is 3. The molecule has 1 fully saturated rings. The van der Waals surface area contributed by atoms with E-state index in [1.165, 1.54) is 6.08 Å². The number of imide groups is 2. The number of ether oxygens (including phenoxy) is 1. The van der Waals surface area contributed by atoms with Crippen LogP contribution in [0.15, 0.2) is 66.4 Å². The Morgan fingerprint density at radius 1 is 1.03 bits per heavy atom. The van der Waals surface area contributed by atoms with Crippen LogP contribution in [-0.2, 0) is 16.0 Å². The smallest absolute Gasteiger partial charge is 0.335 e. The molecule has 0 aliphatic carbocycles. The van der Waals surface area contributed by atoms with Gasteiger partial charge in [0.25, 0.3) is 11.8 Å². The van der Waals surface area contributed by atoms with Crippen molar-refractivity contribution < 1.29 is 19.1 Å². The lowest BCUT2D eigenvalue weighted by Crippen LogP contribution is -2.54. The van der Waals surface area contributed by atoms with E-state index in [-0.39, 0.29) is 5.57 Å². The number of nitrogens with one attached hydrogen (secondary N) is 1. The topological polar surface area (TPSA) is 80.6 Å². The summed E-state index contributed by atoms with van der Waals surface area (Å²) in [6.07, 6.45) is 3.99. The second kappa shape index (κ2) is 8.55. The number of rotatable bonds is 5. The minimum absolute atomic E-state index is 0.0950. The van der Waals surface area contributed by atoms with Gasteiger partial charge in [-0.05, 0) is 66.9 Å². The van der Waals surface area contributed by atoms with Gasteiger partial charge in [0.15, 0.2) is 0 Å². The Morgan fingerprint density at radius 2 is 1.75 bits per heavy atom. The summed E-state index contributed by atoms with van der Waals surface area (Å²) in [6, 6.07) is 15.9. The van der Waals surface area contributed by atoms with Gasteiger partial charge in [-0.2, -0.15) is 0 Å². The SMILES string of the molecule is CCc1ccccc1N1C(=O)NC(=O)/C(=C/c2cc(C)n(-c3ccc(OC)cc3)c2)C1=O. The molecule has 3 aromatic rings. The average Bonchev–Trinajstić information content (AvgIpc) is 3.17. The summed E-state index contributed by atoms with van der Waals surface area (Å²) in [5.41, 5.74) is 3.74. The molecule has 0 atom stereocenters. The highest BCUT2D eigenvalue weighted by Gasteiger charge is 2.37. The second-order valence-corrected chi connectivity index (χ2v) is 7.42. The van der Waals surface area contributed by atoms with E-state index in [4.69, 9.17) is 4.74 Å². The maximum Gasteiger partial charge on any atom is 0.335 e. The molecule has 0 bridgehead atoms. The van der Waals surface area contributed by atoms with Crippen molar-refractivity contribution in [2.75, 3.05) is 12.0 Å². The van der Waals surface area contributed by atoms with Gasteiger partial charge in [0.1, 0.15) is 11.3 Å². The monoisotopic (exact) mass is 429 g/mol. The van der Waals surface area contributed by atoms with E-state index >= 15 is 0 Å². The Balaban J connectivity index is 1.71. The molecule has 2 heterocycles. The third-order valence-corrected chi connectivity index (χ3v) is 5.41. The molecule has 0 saturated carbocycles. The fourth-order valence-corrected chi connectivity index (χ4v) is 3.77. The molecule has 1 aliphatic heterocycles. The van der Waals surface area contributed by atoms with Crippen molar-refractivity contribution in [3.63, 3.8) is 0 Å². The molecule has 7 nitrogen and oxygen atoms in total. The molecule has 0 spiro atoms. The van der Waals surface area contributed by atoms with Crippen LogP contribution in [0, 0.1) is 6.92 Å². The number of barbiturate groups is 1. The number of anilines is 1. The lowest BCUT2D eigenvalue weighted by Gasteiger charge is -2.27. The molecule has 0 radical (unpaired) electrons. The first kappa shape index (κ1) is 21.1. The Kier molecular flexibility index (Phi) is 5.64. The first-order chi connectivity index (χ1) is 15.4. The van der Waals surface area contributed by atoms with Gasteiger partial charge in [0.05, 0.1) is 12.8 Å². The van der Waals surface area contributed by atoms with Crippen LogP contribution >= 0.6 is 0 Å². The van der Waals surface area contributed by atoms with E-state index in [1.54, 1.807) is 19.2 Å². The first-order valence-electron chi connectivity index (χ1n) is 10.3. The lowest BCUT2D eigenvalue weighted by molar-refractivity contribution is -0.122. The molecule has 32 heavy (non-hydrogen) atoms. The van der Waals surface area contributed by atoms with E-state index in [0.717, 1.165) is 27.6 Å². The number of hydrogen-bond donors (Lipinski definition) is 1. The molecule has 1 aliphatic rings. The van der Waals surface area contributed by atoms with Gasteiger partial charge in [-0.15, -0.1) is 0 Å². The van der Waals surface area contributed by atoms with E-state index in [1.807, 2.05) is 67.1 Å². The highest BCUT2D eigenvalue weighted by Crippen LogP contribution is 2.27. The zero-order chi connectivity index (χ0) is 22.8.